The van der Waals surface area contributed by atoms with Crippen LogP contribution in [0.5, 0.6) is 0 Å². The summed E-state index contributed by atoms with van der Waals surface area (Å²) in [5.41, 5.74) is 0.250. The lowest BCUT2D eigenvalue weighted by molar-refractivity contribution is -0.120. The molecule has 0 aromatic carbocycles. The summed E-state index contributed by atoms with van der Waals surface area (Å²) in [5.74, 6) is 2.08. The second-order valence-corrected chi connectivity index (χ2v) is 10.7. The van der Waals surface area contributed by atoms with Gasteiger partial charge in [-0.25, -0.2) is 0 Å². The number of carbonyl (C=O) groups is 1. The molecule has 0 saturated heterocycles. The molecule has 1 amide bonds. The maximum Gasteiger partial charge on any atom is 0.230 e. The van der Waals surface area contributed by atoms with Crippen LogP contribution in [0.3, 0.4) is 0 Å². The Balaban J connectivity index is 1.16. The molecule has 1 aromatic rings. The average Bonchev–Trinajstić information content (AvgIpc) is 3.27. The number of rotatable bonds is 6. The fourth-order valence-corrected chi connectivity index (χ4v) is 7.48. The molecule has 0 radical (unpaired) electrons. The molecule has 5 saturated carbocycles. The summed E-state index contributed by atoms with van der Waals surface area (Å²) in [6.07, 6.45) is 11.5. The molecule has 1 aromatic heterocycles. The van der Waals surface area contributed by atoms with Crippen LogP contribution in [0, 0.1) is 17.3 Å². The Hall–Kier alpha value is -0.750. The monoisotopic (exact) mass is 380 g/mol. The lowest BCUT2D eigenvalue weighted by Crippen LogP contribution is -2.56. The molecule has 1 N–H and O–H groups in total. The van der Waals surface area contributed by atoms with E-state index >= 15 is 0 Å². The Labute approximate surface area is 157 Å². The molecule has 2 unspecified atom stereocenters. The molecule has 4 bridgehead atoms. The molecule has 5 aliphatic rings. The largest absolute Gasteiger partial charge is 0.355 e. The van der Waals surface area contributed by atoms with Gasteiger partial charge >= 0.3 is 0 Å². The Kier molecular flexibility index (Phi) is 3.86. The van der Waals surface area contributed by atoms with Crippen LogP contribution in [-0.2, 0) is 4.79 Å². The number of aromatic nitrogens is 3. The number of nitrogens with zero attached hydrogens (tertiary/aromatic N) is 3. The highest BCUT2D eigenvalue weighted by atomic mass is 35.5. The standard InChI is InChI=1S/C18H25ClN4OS/c19-18-6-12-3-13(7-18)5-17(4-12,9-18)10-20-15(24)8-25-16-22-21-11-23(16)14-1-2-14/h11-14H,1-10H2,(H,20,24). The van der Waals surface area contributed by atoms with Crippen molar-refractivity contribution in [2.24, 2.45) is 17.3 Å². The minimum Gasteiger partial charge on any atom is -0.355 e. The third kappa shape index (κ3) is 3.20. The first-order chi connectivity index (χ1) is 12.0. The summed E-state index contributed by atoms with van der Waals surface area (Å²) in [5, 5.41) is 12.2. The van der Waals surface area contributed by atoms with Gasteiger partial charge in [-0.1, -0.05) is 11.8 Å². The van der Waals surface area contributed by atoms with Crippen LogP contribution in [0.2, 0.25) is 0 Å². The van der Waals surface area contributed by atoms with Crippen molar-refractivity contribution in [2.45, 2.75) is 67.4 Å². The summed E-state index contributed by atoms with van der Waals surface area (Å²) in [6, 6.07) is 0.549. The summed E-state index contributed by atoms with van der Waals surface area (Å²) < 4.78 is 2.11. The summed E-state index contributed by atoms with van der Waals surface area (Å²) in [7, 11) is 0. The van der Waals surface area contributed by atoms with Gasteiger partial charge in [0, 0.05) is 17.5 Å². The quantitative estimate of drug-likeness (QED) is 0.607. The number of hydrogen-bond acceptors (Lipinski definition) is 4. The number of hydrogen-bond donors (Lipinski definition) is 1. The van der Waals surface area contributed by atoms with Crippen LogP contribution >= 0.6 is 23.4 Å². The highest BCUT2D eigenvalue weighted by Crippen LogP contribution is 2.63. The lowest BCUT2D eigenvalue weighted by Gasteiger charge is -2.60. The minimum absolute atomic E-state index is 0.0181. The van der Waals surface area contributed by atoms with E-state index in [1.807, 2.05) is 0 Å². The van der Waals surface area contributed by atoms with Crippen molar-refractivity contribution >= 4 is 29.3 Å². The number of carbonyl (C=O) groups excluding carboxylic acids is 1. The van der Waals surface area contributed by atoms with Gasteiger partial charge in [-0.15, -0.1) is 21.8 Å². The van der Waals surface area contributed by atoms with E-state index in [1.54, 1.807) is 6.33 Å². The molecule has 7 heteroatoms. The number of thioether (sulfide) groups is 1. The van der Waals surface area contributed by atoms with E-state index in [-0.39, 0.29) is 16.2 Å². The second-order valence-electron chi connectivity index (χ2n) is 8.93. The van der Waals surface area contributed by atoms with E-state index < -0.39 is 0 Å². The molecule has 0 aliphatic heterocycles. The van der Waals surface area contributed by atoms with Crippen LogP contribution in [-0.4, -0.2) is 37.8 Å². The number of halogens is 1. The van der Waals surface area contributed by atoms with Crippen molar-refractivity contribution in [3.8, 4) is 0 Å². The summed E-state index contributed by atoms with van der Waals surface area (Å²) in [4.78, 5) is 12.4. The number of nitrogens with one attached hydrogen (secondary N) is 1. The van der Waals surface area contributed by atoms with E-state index in [4.69, 9.17) is 11.6 Å². The summed E-state index contributed by atoms with van der Waals surface area (Å²) >= 11 is 8.38. The molecule has 2 atom stereocenters. The van der Waals surface area contributed by atoms with Gasteiger partial charge < -0.3 is 9.88 Å². The van der Waals surface area contributed by atoms with Gasteiger partial charge in [-0.05, 0) is 68.6 Å². The van der Waals surface area contributed by atoms with Gasteiger partial charge in [0.05, 0.1) is 5.75 Å². The first kappa shape index (κ1) is 16.4. The molecule has 1 heterocycles. The van der Waals surface area contributed by atoms with E-state index in [0.29, 0.717) is 11.8 Å². The highest BCUT2D eigenvalue weighted by molar-refractivity contribution is 7.99. The fraction of sp³-hybridized carbons (Fsp3) is 0.833. The SMILES string of the molecule is O=C(CSc1nncn1C1CC1)NCC12CC3CC(CC(Cl)(C3)C1)C2. The lowest BCUT2D eigenvalue weighted by atomic mass is 9.49. The molecule has 25 heavy (non-hydrogen) atoms. The van der Waals surface area contributed by atoms with Gasteiger partial charge in [0.2, 0.25) is 5.91 Å². The van der Waals surface area contributed by atoms with Gasteiger partial charge in [0.15, 0.2) is 5.16 Å². The molecule has 5 nitrogen and oxygen atoms in total. The zero-order chi connectivity index (χ0) is 17.1. The zero-order valence-corrected chi connectivity index (χ0v) is 16.0. The van der Waals surface area contributed by atoms with Crippen LogP contribution < -0.4 is 5.32 Å². The second kappa shape index (κ2) is 5.88. The number of amides is 1. The van der Waals surface area contributed by atoms with Crippen LogP contribution in [0.4, 0.5) is 0 Å². The number of alkyl halides is 1. The van der Waals surface area contributed by atoms with Gasteiger partial charge in [-0.2, -0.15) is 0 Å². The minimum atomic E-state index is 0.0181. The smallest absolute Gasteiger partial charge is 0.230 e. The third-order valence-corrected chi connectivity index (χ3v) is 7.98. The van der Waals surface area contributed by atoms with E-state index in [1.165, 1.54) is 56.7 Å². The first-order valence-corrected chi connectivity index (χ1v) is 10.9. The van der Waals surface area contributed by atoms with E-state index in [9.17, 15) is 4.79 Å². The topological polar surface area (TPSA) is 59.8 Å². The molecular formula is C18H25ClN4OS. The van der Waals surface area contributed by atoms with Gasteiger partial charge in [0.25, 0.3) is 0 Å². The Morgan fingerprint density at radius 1 is 1.32 bits per heavy atom. The Morgan fingerprint density at radius 3 is 2.76 bits per heavy atom. The predicted molar refractivity (Wildman–Crippen MR) is 97.7 cm³/mol. The molecule has 136 valence electrons. The maximum atomic E-state index is 12.4. The first-order valence-electron chi connectivity index (χ1n) is 9.51. The normalized spacial score (nSPS) is 38.9. The molecule has 0 spiro atoms. The van der Waals surface area contributed by atoms with Crippen molar-refractivity contribution in [3.05, 3.63) is 6.33 Å². The van der Waals surface area contributed by atoms with Crippen molar-refractivity contribution in [1.82, 2.24) is 20.1 Å². The van der Waals surface area contributed by atoms with Crippen LogP contribution in [0.25, 0.3) is 0 Å². The van der Waals surface area contributed by atoms with Crippen LogP contribution in [0.15, 0.2) is 11.5 Å². The molecular weight excluding hydrogens is 356 g/mol. The summed E-state index contributed by atoms with van der Waals surface area (Å²) in [6.45, 7) is 0.795. The zero-order valence-electron chi connectivity index (χ0n) is 14.4. The van der Waals surface area contributed by atoms with Crippen molar-refractivity contribution < 1.29 is 4.79 Å². The van der Waals surface area contributed by atoms with Crippen molar-refractivity contribution in [2.75, 3.05) is 12.3 Å². The predicted octanol–water partition coefficient (Wildman–Crippen LogP) is 3.40. The van der Waals surface area contributed by atoms with Gasteiger partial charge in [-0.3, -0.25) is 4.79 Å². The van der Waals surface area contributed by atoms with Crippen molar-refractivity contribution in [3.63, 3.8) is 0 Å². The highest BCUT2D eigenvalue weighted by Gasteiger charge is 2.56. The third-order valence-electron chi connectivity index (χ3n) is 6.58. The molecule has 6 rings (SSSR count). The van der Waals surface area contributed by atoms with Gasteiger partial charge in [0.1, 0.15) is 6.33 Å². The van der Waals surface area contributed by atoms with Crippen LogP contribution in [0.1, 0.15) is 57.4 Å². The average molecular weight is 381 g/mol. The Morgan fingerprint density at radius 2 is 2.08 bits per heavy atom. The molecule has 5 aliphatic carbocycles. The van der Waals surface area contributed by atoms with E-state index in [0.717, 1.165) is 30.0 Å². The van der Waals surface area contributed by atoms with Crippen molar-refractivity contribution in [1.29, 1.82) is 0 Å². The maximum absolute atomic E-state index is 12.4. The van der Waals surface area contributed by atoms with E-state index in [2.05, 4.69) is 20.1 Å². The Bertz CT molecular complexity index is 674. The fourth-order valence-electron chi connectivity index (χ4n) is 5.95. The molecule has 5 fully saturated rings.